The van der Waals surface area contributed by atoms with Crippen molar-refractivity contribution in [3.05, 3.63) is 0 Å². The van der Waals surface area contributed by atoms with E-state index in [0.717, 1.165) is 70.3 Å². The fraction of sp³-hybridized carbons (Fsp3) is 0.895. The summed E-state index contributed by atoms with van der Waals surface area (Å²) in [5.74, 6) is 2.05. The molecule has 0 bridgehead atoms. The van der Waals surface area contributed by atoms with Crippen LogP contribution in [0.2, 0.25) is 0 Å². The third-order valence-corrected chi connectivity index (χ3v) is 7.59. The maximum Gasteiger partial charge on any atom is 0.226 e. The van der Waals surface area contributed by atoms with Gasteiger partial charge in [-0.25, -0.2) is 0 Å². The molecule has 0 aromatic carbocycles. The first-order valence-electron chi connectivity index (χ1n) is 9.89. The molecule has 136 valence electrons. The number of carbonyl (C=O) groups excluding carboxylic acids is 2. The molecule has 3 rings (SSSR count). The average Bonchev–Trinajstić information content (AvgIpc) is 3.25. The highest BCUT2D eigenvalue weighted by Gasteiger charge is 2.48. The van der Waals surface area contributed by atoms with Crippen LogP contribution in [0.25, 0.3) is 0 Å². The van der Waals surface area contributed by atoms with E-state index >= 15 is 0 Å². The maximum atomic E-state index is 12.9. The molecule has 1 aliphatic carbocycles. The zero-order valence-electron chi connectivity index (χ0n) is 15.1. The topological polar surface area (TPSA) is 40.6 Å². The lowest BCUT2D eigenvalue weighted by atomic mass is 9.98. The first kappa shape index (κ1) is 18.1. The van der Waals surface area contributed by atoms with E-state index in [4.69, 9.17) is 0 Å². The first-order valence-corrected chi connectivity index (χ1v) is 10.9. The summed E-state index contributed by atoms with van der Waals surface area (Å²) in [6.45, 7) is 4.73. The quantitative estimate of drug-likeness (QED) is 0.709. The Hall–Kier alpha value is -0.710. The number of hydrogen-bond donors (Lipinski definition) is 0. The van der Waals surface area contributed by atoms with E-state index in [1.165, 1.54) is 12.8 Å². The molecule has 0 radical (unpaired) electrons. The second kappa shape index (κ2) is 8.11. The van der Waals surface area contributed by atoms with Gasteiger partial charge in [-0.3, -0.25) is 9.59 Å². The molecule has 1 spiro atoms. The van der Waals surface area contributed by atoms with E-state index in [9.17, 15) is 9.59 Å². The Bertz CT molecular complexity index is 454. The van der Waals surface area contributed by atoms with Crippen LogP contribution in [0, 0.1) is 5.92 Å². The van der Waals surface area contributed by atoms with Gasteiger partial charge in [0.05, 0.1) is 4.87 Å². The highest BCUT2D eigenvalue weighted by atomic mass is 32.2. The highest BCUT2D eigenvalue weighted by molar-refractivity contribution is 8.00. The molecular formula is C19H32N2O2S. The Labute approximate surface area is 150 Å². The molecule has 24 heavy (non-hydrogen) atoms. The molecule has 0 atom stereocenters. The van der Waals surface area contributed by atoms with E-state index in [2.05, 4.69) is 11.8 Å². The molecule has 3 fully saturated rings. The lowest BCUT2D eigenvalue weighted by Crippen LogP contribution is -2.54. The maximum absolute atomic E-state index is 12.9. The van der Waals surface area contributed by atoms with E-state index in [-0.39, 0.29) is 10.8 Å². The van der Waals surface area contributed by atoms with E-state index in [1.54, 1.807) is 0 Å². The third-order valence-electron chi connectivity index (χ3n) is 6.04. The molecule has 2 amide bonds. The Morgan fingerprint density at radius 3 is 2.46 bits per heavy atom. The summed E-state index contributed by atoms with van der Waals surface area (Å²) in [7, 11) is 0. The van der Waals surface area contributed by atoms with Crippen molar-refractivity contribution in [3.63, 3.8) is 0 Å². The summed E-state index contributed by atoms with van der Waals surface area (Å²) >= 11 is 1.96. The van der Waals surface area contributed by atoms with Gasteiger partial charge in [-0.1, -0.05) is 32.6 Å². The molecule has 2 heterocycles. The zero-order valence-corrected chi connectivity index (χ0v) is 15.9. The number of nitrogens with zero attached hydrogens (tertiary/aromatic N) is 2. The van der Waals surface area contributed by atoms with Gasteiger partial charge in [-0.15, -0.1) is 11.8 Å². The first-order chi connectivity index (χ1) is 11.7. The Kier molecular flexibility index (Phi) is 6.12. The van der Waals surface area contributed by atoms with Crippen LogP contribution in [-0.4, -0.2) is 51.9 Å². The van der Waals surface area contributed by atoms with Crippen molar-refractivity contribution in [1.82, 2.24) is 9.80 Å². The van der Waals surface area contributed by atoms with Crippen molar-refractivity contribution in [2.45, 2.75) is 76.0 Å². The minimum absolute atomic E-state index is 0.0140. The van der Waals surface area contributed by atoms with Gasteiger partial charge in [-0.05, 0) is 32.1 Å². The highest BCUT2D eigenvalue weighted by Crippen LogP contribution is 2.45. The van der Waals surface area contributed by atoms with Gasteiger partial charge in [0.25, 0.3) is 0 Å². The largest absolute Gasteiger partial charge is 0.342 e. The van der Waals surface area contributed by atoms with Gasteiger partial charge in [0.2, 0.25) is 11.8 Å². The minimum Gasteiger partial charge on any atom is -0.342 e. The molecule has 5 heteroatoms. The molecule has 4 nitrogen and oxygen atoms in total. The summed E-state index contributed by atoms with van der Waals surface area (Å²) in [5.41, 5.74) is 0. The van der Waals surface area contributed by atoms with Crippen LogP contribution < -0.4 is 0 Å². The van der Waals surface area contributed by atoms with Gasteiger partial charge in [0.1, 0.15) is 0 Å². The van der Waals surface area contributed by atoms with Crippen LogP contribution >= 0.6 is 11.8 Å². The van der Waals surface area contributed by atoms with Crippen molar-refractivity contribution >= 4 is 23.6 Å². The monoisotopic (exact) mass is 352 g/mol. The van der Waals surface area contributed by atoms with Crippen molar-refractivity contribution < 1.29 is 9.59 Å². The molecule has 0 N–H and O–H groups in total. The fourth-order valence-corrected chi connectivity index (χ4v) is 5.98. The zero-order chi connectivity index (χ0) is 17.0. The van der Waals surface area contributed by atoms with Crippen molar-refractivity contribution in [1.29, 1.82) is 0 Å². The number of likely N-dealkylation sites (tertiary alicyclic amines) is 1. The van der Waals surface area contributed by atoms with Gasteiger partial charge < -0.3 is 9.80 Å². The third kappa shape index (κ3) is 3.76. The van der Waals surface area contributed by atoms with E-state index in [1.807, 2.05) is 16.7 Å². The standard InChI is InChI=1S/C19H32N2O2S/c1-2-3-4-9-17(22)20-12-10-19(11-13-20)21(14-15-24-19)18(23)16-7-5-6-8-16/h16H,2-15H2,1H3. The Balaban J connectivity index is 1.55. The van der Waals surface area contributed by atoms with Gasteiger partial charge in [0, 0.05) is 37.7 Å². The van der Waals surface area contributed by atoms with Crippen LogP contribution in [0.15, 0.2) is 0 Å². The number of rotatable bonds is 5. The summed E-state index contributed by atoms with van der Waals surface area (Å²) in [6, 6.07) is 0. The van der Waals surface area contributed by atoms with Crippen molar-refractivity contribution in [2.75, 3.05) is 25.4 Å². The van der Waals surface area contributed by atoms with Crippen molar-refractivity contribution in [3.8, 4) is 0 Å². The Morgan fingerprint density at radius 1 is 1.08 bits per heavy atom. The number of unbranched alkanes of at least 4 members (excludes halogenated alkanes) is 2. The molecule has 2 aliphatic heterocycles. The second-order valence-electron chi connectivity index (χ2n) is 7.60. The smallest absolute Gasteiger partial charge is 0.226 e. The van der Waals surface area contributed by atoms with E-state index < -0.39 is 0 Å². The molecule has 0 aromatic rings. The van der Waals surface area contributed by atoms with E-state index in [0.29, 0.717) is 18.2 Å². The molecule has 0 aromatic heterocycles. The molecule has 0 unspecified atom stereocenters. The van der Waals surface area contributed by atoms with Gasteiger partial charge >= 0.3 is 0 Å². The SMILES string of the molecule is CCCCCC(=O)N1CCC2(CC1)SCCN2C(=O)C1CCCC1. The number of carbonyl (C=O) groups is 2. The van der Waals surface area contributed by atoms with Crippen LogP contribution in [0.4, 0.5) is 0 Å². The minimum atomic E-state index is -0.0140. The second-order valence-corrected chi connectivity index (χ2v) is 9.06. The number of piperidine rings is 1. The van der Waals surface area contributed by atoms with Crippen molar-refractivity contribution in [2.24, 2.45) is 5.92 Å². The molecule has 3 aliphatic rings. The summed E-state index contributed by atoms with van der Waals surface area (Å²) < 4.78 is 0. The average molecular weight is 353 g/mol. The molecule has 2 saturated heterocycles. The van der Waals surface area contributed by atoms with Gasteiger partial charge in [0.15, 0.2) is 0 Å². The number of thioether (sulfide) groups is 1. The Morgan fingerprint density at radius 2 is 1.79 bits per heavy atom. The lowest BCUT2D eigenvalue weighted by molar-refractivity contribution is -0.140. The van der Waals surface area contributed by atoms with Crippen LogP contribution in [0.3, 0.4) is 0 Å². The summed E-state index contributed by atoms with van der Waals surface area (Å²) in [6.07, 6.45) is 10.5. The molecular weight excluding hydrogens is 320 g/mol. The predicted molar refractivity (Wildman–Crippen MR) is 98.8 cm³/mol. The normalized spacial score (nSPS) is 24.0. The van der Waals surface area contributed by atoms with Gasteiger partial charge in [-0.2, -0.15) is 0 Å². The molecule has 1 saturated carbocycles. The van der Waals surface area contributed by atoms with Crippen LogP contribution in [-0.2, 0) is 9.59 Å². The van der Waals surface area contributed by atoms with Crippen LogP contribution in [0.5, 0.6) is 0 Å². The predicted octanol–water partition coefficient (Wildman–Crippen LogP) is 3.65. The number of amides is 2. The lowest BCUT2D eigenvalue weighted by Gasteiger charge is -2.44. The summed E-state index contributed by atoms with van der Waals surface area (Å²) in [4.78, 5) is 29.5. The fourth-order valence-electron chi connectivity index (χ4n) is 4.52. The number of hydrogen-bond acceptors (Lipinski definition) is 3. The van der Waals surface area contributed by atoms with Crippen LogP contribution in [0.1, 0.15) is 71.1 Å². The summed E-state index contributed by atoms with van der Waals surface area (Å²) in [5, 5.41) is 0.